The molecule has 1 aromatic carbocycles. The molecule has 136 valence electrons. The van der Waals surface area contributed by atoms with Gasteiger partial charge < -0.3 is 14.8 Å². The maximum Gasteiger partial charge on any atom is 0.341 e. The van der Waals surface area contributed by atoms with Gasteiger partial charge in [-0.2, -0.15) is 0 Å². The normalized spacial score (nSPS) is 15.8. The Morgan fingerprint density at radius 2 is 2.08 bits per heavy atom. The molecule has 1 atom stereocenters. The van der Waals surface area contributed by atoms with Crippen LogP contribution in [0.15, 0.2) is 18.2 Å². The molecule has 0 saturated heterocycles. The lowest BCUT2D eigenvalue weighted by molar-refractivity contribution is -0.125. The monoisotopic (exact) mass is 393 g/mol. The summed E-state index contributed by atoms with van der Waals surface area (Å²) in [7, 11) is 1.28. The molecular weight excluding hydrogens is 378 g/mol. The van der Waals surface area contributed by atoms with Gasteiger partial charge in [-0.25, -0.2) is 9.59 Å². The van der Waals surface area contributed by atoms with Crippen molar-refractivity contribution in [3.05, 3.63) is 50.4 Å². The molecule has 3 rings (SSSR count). The molecule has 2 heterocycles. The first-order chi connectivity index (χ1) is 12.3. The average molecular weight is 394 g/mol. The largest absolute Gasteiger partial charge is 0.465 e. The third-order valence-corrected chi connectivity index (χ3v) is 5.60. The van der Waals surface area contributed by atoms with Crippen LogP contribution < -0.4 is 5.32 Å². The Morgan fingerprint density at radius 3 is 2.77 bits per heavy atom. The van der Waals surface area contributed by atoms with Crippen LogP contribution in [0.1, 0.15) is 36.7 Å². The van der Waals surface area contributed by atoms with E-state index in [4.69, 9.17) is 21.1 Å². The van der Waals surface area contributed by atoms with E-state index < -0.39 is 23.9 Å². The minimum Gasteiger partial charge on any atom is -0.465 e. The fraction of sp³-hybridized carbons (Fsp3) is 0.278. The van der Waals surface area contributed by atoms with Crippen molar-refractivity contribution in [2.24, 2.45) is 0 Å². The van der Waals surface area contributed by atoms with Gasteiger partial charge in [0.15, 0.2) is 6.10 Å². The van der Waals surface area contributed by atoms with E-state index in [9.17, 15) is 14.4 Å². The molecule has 0 fully saturated rings. The molecule has 1 unspecified atom stereocenters. The molecule has 1 aliphatic heterocycles. The van der Waals surface area contributed by atoms with Crippen LogP contribution in [0.3, 0.4) is 0 Å². The summed E-state index contributed by atoms with van der Waals surface area (Å²) >= 11 is 7.24. The van der Waals surface area contributed by atoms with Crippen molar-refractivity contribution >= 4 is 45.8 Å². The number of rotatable bonds is 3. The summed E-state index contributed by atoms with van der Waals surface area (Å²) < 4.78 is 10.0. The van der Waals surface area contributed by atoms with E-state index in [-0.39, 0.29) is 6.42 Å². The molecule has 0 aliphatic carbocycles. The summed E-state index contributed by atoms with van der Waals surface area (Å²) in [6.45, 7) is 3.63. The van der Waals surface area contributed by atoms with E-state index in [2.05, 4.69) is 5.32 Å². The Balaban J connectivity index is 1.85. The predicted molar refractivity (Wildman–Crippen MR) is 98.1 cm³/mol. The lowest BCUT2D eigenvalue weighted by Gasteiger charge is -2.24. The van der Waals surface area contributed by atoms with Crippen molar-refractivity contribution in [3.8, 4) is 0 Å². The number of aryl methyl sites for hydroxylation is 1. The molecule has 6 nitrogen and oxygen atoms in total. The second-order valence-electron chi connectivity index (χ2n) is 5.87. The van der Waals surface area contributed by atoms with Crippen LogP contribution in [0.2, 0.25) is 5.02 Å². The number of carbonyl (C=O) groups is 3. The van der Waals surface area contributed by atoms with E-state index in [1.807, 2.05) is 6.92 Å². The number of halogens is 1. The highest BCUT2D eigenvalue weighted by Gasteiger charge is 2.33. The number of ether oxygens (including phenoxy) is 2. The number of anilines is 1. The first-order valence-electron chi connectivity index (χ1n) is 7.80. The van der Waals surface area contributed by atoms with Gasteiger partial charge in [-0.1, -0.05) is 11.6 Å². The minimum atomic E-state index is -0.998. The zero-order valence-electron chi connectivity index (χ0n) is 14.3. The summed E-state index contributed by atoms with van der Waals surface area (Å²) in [5, 5.41) is 3.55. The van der Waals surface area contributed by atoms with Crippen LogP contribution in [0.4, 0.5) is 5.00 Å². The Kier molecular flexibility index (Phi) is 5.02. The molecule has 0 bridgehead atoms. The lowest BCUT2D eigenvalue weighted by atomic mass is 9.98. The summed E-state index contributed by atoms with van der Waals surface area (Å²) in [6.07, 6.45) is -0.786. The van der Waals surface area contributed by atoms with Gasteiger partial charge in [0.05, 0.1) is 18.2 Å². The number of hydrogen-bond acceptors (Lipinski definition) is 6. The Hall–Kier alpha value is -2.38. The zero-order chi connectivity index (χ0) is 19.0. The van der Waals surface area contributed by atoms with Crippen LogP contribution in [0.25, 0.3) is 0 Å². The number of benzene rings is 1. The highest BCUT2D eigenvalue weighted by molar-refractivity contribution is 7.16. The molecule has 0 spiro atoms. The molecule has 26 heavy (non-hydrogen) atoms. The molecule has 1 aromatic heterocycles. The van der Waals surface area contributed by atoms with Crippen molar-refractivity contribution in [3.63, 3.8) is 0 Å². The van der Waals surface area contributed by atoms with Crippen molar-refractivity contribution in [1.29, 1.82) is 0 Å². The summed E-state index contributed by atoms with van der Waals surface area (Å²) in [6, 6.07) is 4.83. The summed E-state index contributed by atoms with van der Waals surface area (Å²) in [5.41, 5.74) is 2.11. The van der Waals surface area contributed by atoms with Gasteiger partial charge in [0.2, 0.25) is 0 Å². The van der Waals surface area contributed by atoms with Crippen molar-refractivity contribution in [2.45, 2.75) is 26.4 Å². The number of nitrogens with one attached hydrogen (secondary N) is 1. The number of methoxy groups -OCH3 is 1. The minimum absolute atomic E-state index is 0.213. The molecule has 1 amide bonds. The zero-order valence-corrected chi connectivity index (χ0v) is 15.9. The highest BCUT2D eigenvalue weighted by Crippen LogP contribution is 2.33. The fourth-order valence-electron chi connectivity index (χ4n) is 2.77. The molecular formula is C18H16ClNO5S. The molecule has 1 aliphatic rings. The van der Waals surface area contributed by atoms with E-state index in [1.54, 1.807) is 25.1 Å². The van der Waals surface area contributed by atoms with Gasteiger partial charge >= 0.3 is 11.9 Å². The Morgan fingerprint density at radius 1 is 1.35 bits per heavy atom. The second-order valence-corrected chi connectivity index (χ2v) is 7.53. The van der Waals surface area contributed by atoms with Gasteiger partial charge in [-0.05, 0) is 43.2 Å². The number of esters is 2. The van der Waals surface area contributed by atoms with Gasteiger partial charge in [-0.15, -0.1) is 11.3 Å². The maximum atomic E-state index is 12.6. The number of thiophene rings is 1. The molecule has 0 radical (unpaired) electrons. The topological polar surface area (TPSA) is 81.7 Å². The second kappa shape index (κ2) is 7.09. The van der Waals surface area contributed by atoms with Crippen LogP contribution in [0, 0.1) is 13.8 Å². The number of amides is 1. The first kappa shape index (κ1) is 18.4. The third kappa shape index (κ3) is 3.32. The number of fused-ring (bicyclic) bond motifs is 1. The Labute approximate surface area is 159 Å². The number of carbonyl (C=O) groups excluding carboxylic acids is 3. The van der Waals surface area contributed by atoms with Crippen molar-refractivity contribution < 1.29 is 23.9 Å². The number of hydrogen-bond donors (Lipinski definition) is 1. The molecule has 0 saturated carbocycles. The standard InChI is InChI=1S/C18H16ClNO5S/c1-8-9(2)26-16(14(8)18(23)24-3)20-15(21)13-7-10-6-11(19)4-5-12(10)17(22)25-13/h4-6,13H,7H2,1-3H3,(H,20,21). The van der Waals surface area contributed by atoms with Crippen molar-refractivity contribution in [2.75, 3.05) is 12.4 Å². The SMILES string of the molecule is COC(=O)c1c(NC(=O)C2Cc3cc(Cl)ccc3C(=O)O2)sc(C)c1C. The van der Waals surface area contributed by atoms with Gasteiger partial charge in [0.1, 0.15) is 5.00 Å². The quantitative estimate of drug-likeness (QED) is 0.807. The average Bonchev–Trinajstić information content (AvgIpc) is 2.87. The van der Waals surface area contributed by atoms with E-state index in [0.29, 0.717) is 26.7 Å². The van der Waals surface area contributed by atoms with Gasteiger partial charge in [0, 0.05) is 16.3 Å². The van der Waals surface area contributed by atoms with E-state index >= 15 is 0 Å². The highest BCUT2D eigenvalue weighted by atomic mass is 35.5. The maximum absolute atomic E-state index is 12.6. The van der Waals surface area contributed by atoms with Crippen LogP contribution in [-0.4, -0.2) is 31.1 Å². The van der Waals surface area contributed by atoms with E-state index in [0.717, 1.165) is 10.4 Å². The summed E-state index contributed by atoms with van der Waals surface area (Å²) in [4.78, 5) is 37.7. The Bertz CT molecular complexity index is 921. The predicted octanol–water partition coefficient (Wildman–Crippen LogP) is 3.53. The van der Waals surface area contributed by atoms with Crippen molar-refractivity contribution in [1.82, 2.24) is 0 Å². The summed E-state index contributed by atoms with van der Waals surface area (Å²) in [5.74, 6) is -1.61. The number of cyclic esters (lactones) is 1. The van der Waals surface area contributed by atoms with Crippen LogP contribution >= 0.6 is 22.9 Å². The molecule has 8 heteroatoms. The van der Waals surface area contributed by atoms with Crippen LogP contribution in [-0.2, 0) is 20.7 Å². The first-order valence-corrected chi connectivity index (χ1v) is 8.99. The van der Waals surface area contributed by atoms with Crippen LogP contribution in [0.5, 0.6) is 0 Å². The smallest absolute Gasteiger partial charge is 0.341 e. The molecule has 2 aromatic rings. The van der Waals surface area contributed by atoms with Gasteiger partial charge in [0.25, 0.3) is 5.91 Å². The van der Waals surface area contributed by atoms with Gasteiger partial charge in [-0.3, -0.25) is 4.79 Å². The lowest BCUT2D eigenvalue weighted by Crippen LogP contribution is -2.38. The molecule has 1 N–H and O–H groups in total. The van der Waals surface area contributed by atoms with E-state index in [1.165, 1.54) is 18.4 Å². The third-order valence-electron chi connectivity index (χ3n) is 4.25. The fourth-order valence-corrected chi connectivity index (χ4v) is 4.01.